The predicted octanol–water partition coefficient (Wildman–Crippen LogP) is 0.381. The van der Waals surface area contributed by atoms with E-state index in [4.69, 9.17) is 10.6 Å². The van der Waals surface area contributed by atoms with Crippen molar-refractivity contribution < 1.29 is 19.4 Å². The number of carbonyl (C=O) groups is 2. The summed E-state index contributed by atoms with van der Waals surface area (Å²) in [5, 5.41) is 15.6. The molecule has 1 saturated carbocycles. The van der Waals surface area contributed by atoms with Gasteiger partial charge in [-0.3, -0.25) is 10.6 Å². The Kier molecular flexibility index (Phi) is 3.72. The van der Waals surface area contributed by atoms with Gasteiger partial charge in [-0.2, -0.15) is 5.10 Å². The van der Waals surface area contributed by atoms with Crippen molar-refractivity contribution in [2.45, 2.75) is 12.5 Å². The van der Waals surface area contributed by atoms with Gasteiger partial charge in [-0.1, -0.05) is 0 Å². The molecule has 0 spiro atoms. The topological polar surface area (TPSA) is 114 Å². The van der Waals surface area contributed by atoms with Crippen LogP contribution in [0.5, 0.6) is 5.75 Å². The summed E-state index contributed by atoms with van der Waals surface area (Å²) >= 11 is 0. The fourth-order valence-corrected chi connectivity index (χ4v) is 4.73. The SMILES string of the molecule is COc1ccc(-n2nc(C(=O)O)c3c2C(=O)N(C2C4CN(N)CC42)CC3)cc1. The Morgan fingerprint density at radius 1 is 1.25 bits per heavy atom. The summed E-state index contributed by atoms with van der Waals surface area (Å²) in [4.78, 5) is 27.0. The molecule has 1 aromatic heterocycles. The summed E-state index contributed by atoms with van der Waals surface area (Å²) in [5.41, 5.74) is 1.44. The number of hydrazine groups is 1. The van der Waals surface area contributed by atoms with E-state index in [0.717, 1.165) is 13.1 Å². The molecule has 0 bridgehead atoms. The van der Waals surface area contributed by atoms with Gasteiger partial charge in [0.15, 0.2) is 5.69 Å². The van der Waals surface area contributed by atoms with Crippen LogP contribution >= 0.6 is 0 Å². The normalized spacial score (nSPS) is 26.1. The minimum atomic E-state index is -1.12. The van der Waals surface area contributed by atoms with Crippen molar-refractivity contribution >= 4 is 11.9 Å². The number of aromatic nitrogens is 2. The Morgan fingerprint density at radius 3 is 2.54 bits per heavy atom. The lowest BCUT2D eigenvalue weighted by Gasteiger charge is -2.30. The number of amides is 1. The zero-order valence-electron chi connectivity index (χ0n) is 15.4. The molecule has 2 fully saturated rings. The van der Waals surface area contributed by atoms with Gasteiger partial charge in [0.05, 0.1) is 12.8 Å². The molecular formula is C19H21N5O4. The van der Waals surface area contributed by atoms with Gasteiger partial charge < -0.3 is 14.7 Å². The van der Waals surface area contributed by atoms with Crippen LogP contribution in [-0.2, 0) is 6.42 Å². The van der Waals surface area contributed by atoms with Crippen LogP contribution in [0.3, 0.4) is 0 Å². The number of fused-ring (bicyclic) bond motifs is 2. The molecule has 2 aliphatic heterocycles. The molecule has 2 unspecified atom stereocenters. The van der Waals surface area contributed by atoms with E-state index in [1.165, 1.54) is 4.68 Å². The molecule has 9 nitrogen and oxygen atoms in total. The molecule has 1 aliphatic carbocycles. The quantitative estimate of drug-likeness (QED) is 0.734. The van der Waals surface area contributed by atoms with E-state index in [9.17, 15) is 14.7 Å². The van der Waals surface area contributed by atoms with Gasteiger partial charge in [-0.05, 0) is 42.5 Å². The van der Waals surface area contributed by atoms with Crippen molar-refractivity contribution in [2.75, 3.05) is 26.7 Å². The fraction of sp³-hybridized carbons (Fsp3) is 0.421. The smallest absolute Gasteiger partial charge is 0.356 e. The number of carbonyl (C=O) groups excluding carboxylic acids is 1. The largest absolute Gasteiger partial charge is 0.497 e. The molecule has 9 heteroatoms. The first kappa shape index (κ1) is 17.2. The molecule has 5 rings (SSSR count). The number of carboxylic acid groups (broad SMARTS) is 1. The Labute approximate surface area is 161 Å². The molecule has 0 radical (unpaired) electrons. The minimum Gasteiger partial charge on any atom is -0.497 e. The van der Waals surface area contributed by atoms with Crippen LogP contribution in [0.2, 0.25) is 0 Å². The van der Waals surface area contributed by atoms with Crippen molar-refractivity contribution in [1.29, 1.82) is 0 Å². The second-order valence-corrected chi connectivity index (χ2v) is 7.61. The first-order valence-corrected chi connectivity index (χ1v) is 9.30. The highest BCUT2D eigenvalue weighted by Gasteiger charge is 2.59. The van der Waals surface area contributed by atoms with Gasteiger partial charge in [0, 0.05) is 31.2 Å². The van der Waals surface area contributed by atoms with Crippen LogP contribution in [0.4, 0.5) is 0 Å². The lowest BCUT2D eigenvalue weighted by Crippen LogP contribution is -2.44. The van der Waals surface area contributed by atoms with Gasteiger partial charge in [-0.15, -0.1) is 0 Å². The molecule has 3 heterocycles. The highest BCUT2D eigenvalue weighted by atomic mass is 16.5. The lowest BCUT2D eigenvalue weighted by molar-refractivity contribution is 0.0681. The maximum atomic E-state index is 13.4. The van der Waals surface area contributed by atoms with Crippen molar-refractivity contribution in [3.63, 3.8) is 0 Å². The van der Waals surface area contributed by atoms with Gasteiger partial charge in [0.25, 0.3) is 5.91 Å². The van der Waals surface area contributed by atoms with E-state index >= 15 is 0 Å². The van der Waals surface area contributed by atoms with E-state index < -0.39 is 5.97 Å². The van der Waals surface area contributed by atoms with E-state index in [1.54, 1.807) is 36.4 Å². The van der Waals surface area contributed by atoms with Crippen LogP contribution in [0.15, 0.2) is 24.3 Å². The fourth-order valence-electron chi connectivity index (χ4n) is 4.73. The Bertz CT molecular complexity index is 957. The summed E-state index contributed by atoms with van der Waals surface area (Å²) in [6.07, 6.45) is 0.487. The Hall–Kier alpha value is -2.91. The van der Waals surface area contributed by atoms with Crippen molar-refractivity contribution in [2.24, 2.45) is 17.7 Å². The molecule has 1 amide bonds. The summed E-state index contributed by atoms with van der Waals surface area (Å²) in [6, 6.07) is 7.24. The average Bonchev–Trinajstić information content (AvgIpc) is 3.04. The summed E-state index contributed by atoms with van der Waals surface area (Å²) in [5.74, 6) is 6.08. The van der Waals surface area contributed by atoms with Crippen molar-refractivity contribution in [3.8, 4) is 11.4 Å². The van der Waals surface area contributed by atoms with Crippen LogP contribution in [0.1, 0.15) is 26.5 Å². The van der Waals surface area contributed by atoms with Crippen molar-refractivity contribution in [3.05, 3.63) is 41.2 Å². The van der Waals surface area contributed by atoms with Gasteiger partial charge in [0.1, 0.15) is 11.4 Å². The number of hydrogen-bond acceptors (Lipinski definition) is 6. The molecule has 1 saturated heterocycles. The van der Waals surface area contributed by atoms with Crippen LogP contribution in [-0.4, -0.2) is 69.5 Å². The molecule has 1 aromatic carbocycles. The third-order valence-corrected chi connectivity index (χ3v) is 6.11. The van der Waals surface area contributed by atoms with Gasteiger partial charge in [0.2, 0.25) is 0 Å². The number of benzene rings is 1. The number of ether oxygens (including phenoxy) is 1. The maximum absolute atomic E-state index is 13.4. The molecule has 146 valence electrons. The monoisotopic (exact) mass is 383 g/mol. The zero-order chi connectivity index (χ0) is 19.6. The number of nitrogens with zero attached hydrogens (tertiary/aromatic N) is 4. The minimum absolute atomic E-state index is 0.0528. The highest BCUT2D eigenvalue weighted by molar-refractivity contribution is 6.00. The molecule has 2 atom stereocenters. The number of rotatable bonds is 4. The standard InChI is InChI=1S/C19H21N5O4/c1-28-11-4-2-10(3-5-11)24-17-12(15(21-24)19(26)27)6-7-23(18(17)25)16-13-8-22(20)9-14(13)16/h2-5,13-14,16H,6-9,20H2,1H3,(H,26,27). The van der Waals surface area contributed by atoms with Gasteiger partial charge in [-0.25, -0.2) is 14.5 Å². The van der Waals surface area contributed by atoms with Crippen molar-refractivity contribution in [1.82, 2.24) is 19.7 Å². The number of nitrogens with two attached hydrogens (primary N) is 1. The molecular weight excluding hydrogens is 362 g/mol. The van der Waals surface area contributed by atoms with E-state index in [-0.39, 0.29) is 17.6 Å². The third-order valence-electron chi connectivity index (χ3n) is 6.11. The number of carboxylic acids is 1. The lowest BCUT2D eigenvalue weighted by atomic mass is 10.0. The van der Waals surface area contributed by atoms with Crippen LogP contribution in [0.25, 0.3) is 5.69 Å². The zero-order valence-corrected chi connectivity index (χ0v) is 15.4. The second-order valence-electron chi connectivity index (χ2n) is 7.61. The number of methoxy groups -OCH3 is 1. The summed E-state index contributed by atoms with van der Waals surface area (Å²) in [6.45, 7) is 2.11. The second kappa shape index (κ2) is 6.05. The Morgan fingerprint density at radius 2 is 1.93 bits per heavy atom. The number of piperidine rings is 1. The summed E-state index contributed by atoms with van der Waals surface area (Å²) < 4.78 is 6.64. The summed E-state index contributed by atoms with van der Waals surface area (Å²) in [7, 11) is 1.57. The maximum Gasteiger partial charge on any atom is 0.356 e. The van der Waals surface area contributed by atoms with E-state index in [2.05, 4.69) is 5.10 Å². The molecule has 28 heavy (non-hydrogen) atoms. The number of aromatic carboxylic acids is 1. The first-order valence-electron chi connectivity index (χ1n) is 9.30. The first-order chi connectivity index (χ1) is 13.5. The van der Waals surface area contributed by atoms with E-state index in [1.807, 2.05) is 4.90 Å². The third kappa shape index (κ3) is 2.43. The van der Waals surface area contributed by atoms with Crippen LogP contribution < -0.4 is 10.6 Å². The average molecular weight is 383 g/mol. The van der Waals surface area contributed by atoms with Gasteiger partial charge >= 0.3 is 5.97 Å². The highest BCUT2D eigenvalue weighted by Crippen LogP contribution is 2.49. The van der Waals surface area contributed by atoms with Crippen LogP contribution in [0, 0.1) is 11.8 Å². The molecule has 2 aromatic rings. The predicted molar refractivity (Wildman–Crippen MR) is 98.3 cm³/mol. The number of hydrogen-bond donors (Lipinski definition) is 2. The van der Waals surface area contributed by atoms with E-state index in [0.29, 0.717) is 47.5 Å². The molecule has 3 N–H and O–H groups in total. The Balaban J connectivity index is 1.54. The molecule has 3 aliphatic rings.